The number of aromatic amines is 1. The van der Waals surface area contributed by atoms with Gasteiger partial charge in [0.15, 0.2) is 0 Å². The first kappa shape index (κ1) is 14.3. The van der Waals surface area contributed by atoms with Gasteiger partial charge in [-0.15, -0.1) is 0 Å². The molecule has 0 bridgehead atoms. The van der Waals surface area contributed by atoms with E-state index in [-0.39, 0.29) is 11.5 Å². The standard InChI is InChI=1S/C16H14N6O2/c1-3-14(23)21-13-5-4-10(6-11(13)8-17-21)12-7-15(24)22-16(19-12)18-9(2)20-22/h4-8H,3H2,1-2H3,(H,18,19,20). The van der Waals surface area contributed by atoms with Gasteiger partial charge in [-0.2, -0.15) is 14.6 Å². The third-order valence-corrected chi connectivity index (χ3v) is 3.84. The molecule has 0 aliphatic carbocycles. The van der Waals surface area contributed by atoms with Gasteiger partial charge < -0.3 is 0 Å². The molecule has 0 aliphatic heterocycles. The lowest BCUT2D eigenvalue weighted by Crippen LogP contribution is -2.14. The molecule has 0 saturated heterocycles. The monoisotopic (exact) mass is 322 g/mol. The van der Waals surface area contributed by atoms with Crippen LogP contribution in [0.25, 0.3) is 27.9 Å². The number of nitrogens with zero attached hydrogens (tertiary/aromatic N) is 5. The summed E-state index contributed by atoms with van der Waals surface area (Å²) in [6.07, 6.45) is 2.02. The van der Waals surface area contributed by atoms with E-state index in [2.05, 4.69) is 20.2 Å². The van der Waals surface area contributed by atoms with Crippen LogP contribution in [-0.2, 0) is 0 Å². The highest BCUT2D eigenvalue weighted by Crippen LogP contribution is 2.22. The summed E-state index contributed by atoms with van der Waals surface area (Å²) in [6, 6.07) is 6.94. The Bertz CT molecular complexity index is 1150. The van der Waals surface area contributed by atoms with Crippen molar-refractivity contribution in [2.24, 2.45) is 0 Å². The summed E-state index contributed by atoms with van der Waals surface area (Å²) < 4.78 is 2.69. The predicted octanol–water partition coefficient (Wildman–Crippen LogP) is 1.79. The zero-order chi connectivity index (χ0) is 16.8. The smallest absolute Gasteiger partial charge is 0.274 e. The quantitative estimate of drug-likeness (QED) is 0.607. The number of carbonyl (C=O) groups is 1. The van der Waals surface area contributed by atoms with Crippen LogP contribution in [0, 0.1) is 6.92 Å². The Hall–Kier alpha value is -3.29. The molecule has 4 aromatic rings. The van der Waals surface area contributed by atoms with Crippen LogP contribution in [0.4, 0.5) is 0 Å². The van der Waals surface area contributed by atoms with Crippen LogP contribution in [0.5, 0.6) is 0 Å². The van der Waals surface area contributed by atoms with Crippen molar-refractivity contribution in [3.8, 4) is 11.3 Å². The zero-order valence-electron chi connectivity index (χ0n) is 13.1. The number of hydrogen-bond acceptors (Lipinski definition) is 5. The number of nitrogens with one attached hydrogen (secondary N) is 1. The van der Waals surface area contributed by atoms with Crippen LogP contribution >= 0.6 is 0 Å². The van der Waals surface area contributed by atoms with Crippen molar-refractivity contribution in [3.63, 3.8) is 0 Å². The van der Waals surface area contributed by atoms with Gasteiger partial charge in [0.05, 0.1) is 17.4 Å². The highest BCUT2D eigenvalue weighted by molar-refractivity contribution is 5.92. The Morgan fingerprint density at radius 3 is 2.88 bits per heavy atom. The van der Waals surface area contributed by atoms with Crippen molar-refractivity contribution in [2.45, 2.75) is 20.3 Å². The van der Waals surface area contributed by atoms with E-state index >= 15 is 0 Å². The average Bonchev–Trinajstić information content (AvgIpc) is 3.16. The van der Waals surface area contributed by atoms with E-state index < -0.39 is 0 Å². The molecule has 8 heteroatoms. The third-order valence-electron chi connectivity index (χ3n) is 3.84. The van der Waals surface area contributed by atoms with Crippen LogP contribution < -0.4 is 5.56 Å². The summed E-state index contributed by atoms with van der Waals surface area (Å²) in [6.45, 7) is 3.56. The molecule has 1 aromatic carbocycles. The number of aryl methyl sites for hydroxylation is 1. The average molecular weight is 322 g/mol. The molecular formula is C16H14N6O2. The lowest BCUT2D eigenvalue weighted by atomic mass is 10.1. The van der Waals surface area contributed by atoms with Gasteiger partial charge in [-0.05, 0) is 19.1 Å². The minimum absolute atomic E-state index is 0.0671. The SMILES string of the molecule is CCC(=O)n1ncc2cc(-c3cc(=O)n4[nH]c(C)nc4n3)ccc21. The molecule has 120 valence electrons. The topological polar surface area (TPSA) is 97.9 Å². The Labute approximate surface area is 135 Å². The Morgan fingerprint density at radius 2 is 2.08 bits per heavy atom. The van der Waals surface area contributed by atoms with Gasteiger partial charge in [-0.1, -0.05) is 13.0 Å². The van der Waals surface area contributed by atoms with Crippen LogP contribution in [0.1, 0.15) is 24.0 Å². The fourth-order valence-electron chi connectivity index (χ4n) is 2.68. The Morgan fingerprint density at radius 1 is 1.25 bits per heavy atom. The third kappa shape index (κ3) is 2.11. The first-order valence-corrected chi connectivity index (χ1v) is 7.54. The van der Waals surface area contributed by atoms with Crippen LogP contribution in [0.15, 0.2) is 35.3 Å². The van der Waals surface area contributed by atoms with E-state index in [9.17, 15) is 9.59 Å². The first-order chi connectivity index (χ1) is 11.6. The van der Waals surface area contributed by atoms with Crippen molar-refractivity contribution in [1.82, 2.24) is 29.4 Å². The number of fused-ring (bicyclic) bond motifs is 2. The molecule has 0 radical (unpaired) electrons. The van der Waals surface area contributed by atoms with Gasteiger partial charge in [0.1, 0.15) is 5.82 Å². The van der Waals surface area contributed by atoms with Crippen molar-refractivity contribution in [2.75, 3.05) is 0 Å². The van der Waals surface area contributed by atoms with E-state index in [1.54, 1.807) is 20.0 Å². The highest BCUT2D eigenvalue weighted by atomic mass is 16.2. The fourth-order valence-corrected chi connectivity index (χ4v) is 2.68. The second-order valence-corrected chi connectivity index (χ2v) is 5.50. The first-order valence-electron chi connectivity index (χ1n) is 7.54. The van der Waals surface area contributed by atoms with Crippen molar-refractivity contribution in [1.29, 1.82) is 0 Å². The maximum atomic E-state index is 12.2. The van der Waals surface area contributed by atoms with Gasteiger partial charge in [0.25, 0.3) is 11.3 Å². The highest BCUT2D eigenvalue weighted by Gasteiger charge is 2.12. The van der Waals surface area contributed by atoms with Crippen LogP contribution in [0.2, 0.25) is 0 Å². The number of aromatic nitrogens is 6. The number of H-pyrrole nitrogens is 1. The molecule has 0 saturated carbocycles. The minimum atomic E-state index is -0.229. The minimum Gasteiger partial charge on any atom is -0.275 e. The molecular weight excluding hydrogens is 308 g/mol. The van der Waals surface area contributed by atoms with Gasteiger partial charge in [0.2, 0.25) is 5.91 Å². The summed E-state index contributed by atoms with van der Waals surface area (Å²) in [5, 5.41) is 7.79. The molecule has 1 N–H and O–H groups in total. The number of carbonyl (C=O) groups excluding carboxylic acids is 1. The molecule has 0 fully saturated rings. The van der Waals surface area contributed by atoms with E-state index in [4.69, 9.17) is 0 Å². The molecule has 0 aliphatic rings. The second-order valence-electron chi connectivity index (χ2n) is 5.50. The van der Waals surface area contributed by atoms with Gasteiger partial charge in [0, 0.05) is 23.4 Å². The summed E-state index contributed by atoms with van der Waals surface area (Å²) >= 11 is 0. The molecule has 0 unspecified atom stereocenters. The van der Waals surface area contributed by atoms with E-state index in [1.165, 1.54) is 15.3 Å². The largest absolute Gasteiger partial charge is 0.275 e. The normalized spacial score (nSPS) is 11.4. The molecule has 3 heterocycles. The number of benzene rings is 1. The summed E-state index contributed by atoms with van der Waals surface area (Å²) in [5.41, 5.74) is 1.81. The van der Waals surface area contributed by atoms with E-state index in [0.717, 1.165) is 16.5 Å². The Balaban J connectivity index is 1.87. The van der Waals surface area contributed by atoms with Gasteiger partial charge >= 0.3 is 0 Å². The maximum absolute atomic E-state index is 12.2. The molecule has 0 atom stereocenters. The molecule has 8 nitrogen and oxygen atoms in total. The predicted molar refractivity (Wildman–Crippen MR) is 88.0 cm³/mol. The maximum Gasteiger partial charge on any atom is 0.274 e. The van der Waals surface area contributed by atoms with Crippen molar-refractivity contribution < 1.29 is 4.79 Å². The van der Waals surface area contributed by atoms with E-state index in [0.29, 0.717) is 23.7 Å². The Kier molecular flexibility index (Phi) is 3.05. The van der Waals surface area contributed by atoms with Crippen molar-refractivity contribution in [3.05, 3.63) is 46.6 Å². The van der Waals surface area contributed by atoms with E-state index in [1.807, 2.05) is 18.2 Å². The van der Waals surface area contributed by atoms with Crippen LogP contribution in [-0.4, -0.2) is 35.3 Å². The molecule has 0 amide bonds. The summed E-state index contributed by atoms with van der Waals surface area (Å²) in [7, 11) is 0. The van der Waals surface area contributed by atoms with Gasteiger partial charge in [-0.3, -0.25) is 14.7 Å². The lowest BCUT2D eigenvalue weighted by Gasteiger charge is -2.03. The molecule has 24 heavy (non-hydrogen) atoms. The molecule has 3 aromatic heterocycles. The second kappa shape index (κ2) is 5.12. The molecule has 4 rings (SSSR count). The van der Waals surface area contributed by atoms with Crippen molar-refractivity contribution >= 4 is 22.6 Å². The number of hydrogen-bond donors (Lipinski definition) is 1. The lowest BCUT2D eigenvalue weighted by molar-refractivity contribution is 0.0899. The van der Waals surface area contributed by atoms with Gasteiger partial charge in [-0.25, -0.2) is 9.67 Å². The number of rotatable bonds is 2. The zero-order valence-corrected chi connectivity index (χ0v) is 13.1. The fraction of sp³-hybridized carbons (Fsp3) is 0.188. The molecule has 0 spiro atoms. The summed E-state index contributed by atoms with van der Waals surface area (Å²) in [5.74, 6) is 0.876. The summed E-state index contributed by atoms with van der Waals surface area (Å²) in [4.78, 5) is 32.7. The van der Waals surface area contributed by atoms with Crippen LogP contribution in [0.3, 0.4) is 0 Å².